The molecule has 0 radical (unpaired) electrons. The summed E-state index contributed by atoms with van der Waals surface area (Å²) < 4.78 is 5.30. The molecule has 0 bridgehead atoms. The number of hydrogen-bond acceptors (Lipinski definition) is 4. The van der Waals surface area contributed by atoms with E-state index >= 15 is 0 Å². The second-order valence-electron chi connectivity index (χ2n) is 5.32. The number of methoxy groups -OCH3 is 1. The van der Waals surface area contributed by atoms with Crippen LogP contribution >= 0.6 is 0 Å². The molecule has 0 saturated carbocycles. The molecule has 2 amide bonds. The highest BCUT2D eigenvalue weighted by Crippen LogP contribution is 2.28. The van der Waals surface area contributed by atoms with E-state index in [0.717, 1.165) is 5.69 Å². The van der Waals surface area contributed by atoms with Gasteiger partial charge in [-0.1, -0.05) is 18.2 Å². The average molecular weight is 327 g/mol. The lowest BCUT2D eigenvalue weighted by Crippen LogP contribution is -2.32. The number of ether oxygens (including phenoxy) is 1. The topological polar surface area (TPSA) is 79.5 Å². The molecule has 2 rings (SSSR count). The van der Waals surface area contributed by atoms with Gasteiger partial charge in [-0.2, -0.15) is 0 Å². The first kappa shape index (κ1) is 17.3. The lowest BCUT2D eigenvalue weighted by atomic mass is 10.2. The molecule has 0 aliphatic carbocycles. The molecule has 0 saturated heterocycles. The Labute approximate surface area is 141 Å². The Morgan fingerprint density at radius 3 is 2.33 bits per heavy atom. The molecule has 0 unspecified atom stereocenters. The Hall–Kier alpha value is -3.02. The molecule has 6 heteroatoms. The van der Waals surface area contributed by atoms with Gasteiger partial charge in [0.1, 0.15) is 11.8 Å². The smallest absolute Gasteiger partial charge is 0.246 e. The Balaban J connectivity index is 2.10. The van der Waals surface area contributed by atoms with E-state index in [1.54, 1.807) is 32.2 Å². The molecular weight excluding hydrogens is 306 g/mol. The van der Waals surface area contributed by atoms with E-state index in [2.05, 4.69) is 16.0 Å². The highest BCUT2D eigenvalue weighted by molar-refractivity contribution is 5.96. The summed E-state index contributed by atoms with van der Waals surface area (Å²) in [6.07, 6.45) is 0. The van der Waals surface area contributed by atoms with E-state index in [-0.39, 0.29) is 11.8 Å². The number of hydrogen-bond donors (Lipinski definition) is 3. The van der Waals surface area contributed by atoms with Crippen molar-refractivity contribution in [3.63, 3.8) is 0 Å². The molecule has 6 nitrogen and oxygen atoms in total. The number of anilines is 3. The Morgan fingerprint density at radius 1 is 1.00 bits per heavy atom. The summed E-state index contributed by atoms with van der Waals surface area (Å²) in [6, 6.07) is 13.9. The maximum Gasteiger partial charge on any atom is 0.246 e. The SMILES string of the molecule is COc1ccc(NC(C)=O)cc1N[C@@H](C)C(=O)Nc1ccccc1. The molecule has 24 heavy (non-hydrogen) atoms. The quantitative estimate of drug-likeness (QED) is 0.762. The van der Waals surface area contributed by atoms with Crippen molar-refractivity contribution >= 4 is 28.9 Å². The van der Waals surface area contributed by atoms with E-state index in [1.165, 1.54) is 6.92 Å². The fourth-order valence-electron chi connectivity index (χ4n) is 2.17. The second-order valence-corrected chi connectivity index (χ2v) is 5.32. The van der Waals surface area contributed by atoms with Gasteiger partial charge < -0.3 is 20.7 Å². The fraction of sp³-hybridized carbons (Fsp3) is 0.222. The lowest BCUT2D eigenvalue weighted by Gasteiger charge is -2.18. The Bertz CT molecular complexity index is 717. The molecule has 0 aromatic heterocycles. The zero-order valence-corrected chi connectivity index (χ0v) is 13.9. The second kappa shape index (κ2) is 8.01. The summed E-state index contributed by atoms with van der Waals surface area (Å²) >= 11 is 0. The van der Waals surface area contributed by atoms with Crippen molar-refractivity contribution in [1.29, 1.82) is 0 Å². The molecule has 1 atom stereocenters. The van der Waals surface area contributed by atoms with Gasteiger partial charge in [-0.15, -0.1) is 0 Å². The van der Waals surface area contributed by atoms with Crippen LogP contribution in [0.4, 0.5) is 17.1 Å². The Morgan fingerprint density at radius 2 is 1.71 bits per heavy atom. The van der Waals surface area contributed by atoms with Crippen LogP contribution in [0.1, 0.15) is 13.8 Å². The predicted octanol–water partition coefficient (Wildman–Crippen LogP) is 3.09. The van der Waals surface area contributed by atoms with Crippen LogP contribution in [0.15, 0.2) is 48.5 Å². The van der Waals surface area contributed by atoms with Crippen molar-refractivity contribution in [2.75, 3.05) is 23.1 Å². The van der Waals surface area contributed by atoms with E-state index in [4.69, 9.17) is 4.74 Å². The van der Waals surface area contributed by atoms with Gasteiger partial charge in [0.25, 0.3) is 0 Å². The van der Waals surface area contributed by atoms with Crippen molar-refractivity contribution in [2.24, 2.45) is 0 Å². The summed E-state index contributed by atoms with van der Waals surface area (Å²) in [6.45, 7) is 3.19. The van der Waals surface area contributed by atoms with E-state index in [9.17, 15) is 9.59 Å². The molecule has 0 spiro atoms. The van der Waals surface area contributed by atoms with Gasteiger partial charge in [0.2, 0.25) is 11.8 Å². The lowest BCUT2D eigenvalue weighted by molar-refractivity contribution is -0.116. The van der Waals surface area contributed by atoms with E-state index < -0.39 is 6.04 Å². The largest absolute Gasteiger partial charge is 0.495 e. The van der Waals surface area contributed by atoms with Gasteiger partial charge in [-0.3, -0.25) is 9.59 Å². The maximum absolute atomic E-state index is 12.3. The van der Waals surface area contributed by atoms with Crippen molar-refractivity contribution < 1.29 is 14.3 Å². The van der Waals surface area contributed by atoms with Crippen LogP contribution in [-0.4, -0.2) is 25.0 Å². The summed E-state index contributed by atoms with van der Waals surface area (Å²) in [4.78, 5) is 23.5. The maximum atomic E-state index is 12.3. The van der Waals surface area contributed by atoms with Crippen LogP contribution in [0.25, 0.3) is 0 Å². The van der Waals surface area contributed by atoms with Gasteiger partial charge >= 0.3 is 0 Å². The van der Waals surface area contributed by atoms with Gasteiger partial charge in [-0.25, -0.2) is 0 Å². The van der Waals surface area contributed by atoms with Crippen LogP contribution in [-0.2, 0) is 9.59 Å². The molecule has 126 valence electrons. The van der Waals surface area contributed by atoms with Gasteiger partial charge in [0, 0.05) is 18.3 Å². The molecule has 0 heterocycles. The van der Waals surface area contributed by atoms with E-state index in [0.29, 0.717) is 17.1 Å². The number of rotatable bonds is 6. The van der Waals surface area contributed by atoms with Crippen LogP contribution in [0, 0.1) is 0 Å². The zero-order valence-electron chi connectivity index (χ0n) is 13.9. The molecule has 2 aromatic rings. The third-order valence-electron chi connectivity index (χ3n) is 3.33. The van der Waals surface area contributed by atoms with Crippen molar-refractivity contribution in [2.45, 2.75) is 19.9 Å². The third kappa shape index (κ3) is 4.74. The number of carbonyl (C=O) groups excluding carboxylic acids is 2. The number of benzene rings is 2. The minimum atomic E-state index is -0.494. The van der Waals surface area contributed by atoms with Crippen molar-refractivity contribution in [3.05, 3.63) is 48.5 Å². The van der Waals surface area contributed by atoms with Gasteiger partial charge in [-0.05, 0) is 37.3 Å². The number of nitrogens with one attached hydrogen (secondary N) is 3. The van der Waals surface area contributed by atoms with Gasteiger partial charge in [0.05, 0.1) is 12.8 Å². The minimum Gasteiger partial charge on any atom is -0.495 e. The van der Waals surface area contributed by atoms with Crippen LogP contribution in [0.3, 0.4) is 0 Å². The molecule has 0 aliphatic heterocycles. The first-order valence-corrected chi connectivity index (χ1v) is 7.57. The molecule has 3 N–H and O–H groups in total. The first-order chi connectivity index (χ1) is 11.5. The average Bonchev–Trinajstić information content (AvgIpc) is 2.55. The molecule has 2 aromatic carbocycles. The van der Waals surface area contributed by atoms with Crippen molar-refractivity contribution in [1.82, 2.24) is 0 Å². The van der Waals surface area contributed by atoms with Crippen LogP contribution < -0.4 is 20.7 Å². The first-order valence-electron chi connectivity index (χ1n) is 7.57. The minimum absolute atomic E-state index is 0.166. The highest BCUT2D eigenvalue weighted by Gasteiger charge is 2.15. The molecule has 0 aliphatic rings. The summed E-state index contributed by atoms with van der Waals surface area (Å²) in [7, 11) is 1.55. The van der Waals surface area contributed by atoms with Crippen LogP contribution in [0.5, 0.6) is 5.75 Å². The zero-order chi connectivity index (χ0) is 17.5. The van der Waals surface area contributed by atoms with Gasteiger partial charge in [0.15, 0.2) is 0 Å². The molecular formula is C18H21N3O3. The van der Waals surface area contributed by atoms with E-state index in [1.807, 2.05) is 30.3 Å². The van der Waals surface area contributed by atoms with Crippen LogP contribution in [0.2, 0.25) is 0 Å². The standard InChI is InChI=1S/C18H21N3O3/c1-12(18(23)21-14-7-5-4-6-8-14)19-16-11-15(20-13(2)22)9-10-17(16)24-3/h4-12,19H,1-3H3,(H,20,22)(H,21,23)/t12-/m0/s1. The van der Waals surface area contributed by atoms with Crippen molar-refractivity contribution in [3.8, 4) is 5.75 Å². The number of para-hydroxylation sites is 1. The Kier molecular flexibility index (Phi) is 5.78. The summed E-state index contributed by atoms with van der Waals surface area (Å²) in [5.41, 5.74) is 1.98. The highest BCUT2D eigenvalue weighted by atomic mass is 16.5. The summed E-state index contributed by atoms with van der Waals surface area (Å²) in [5.74, 6) is 0.248. The predicted molar refractivity (Wildman–Crippen MR) is 95.5 cm³/mol. The molecule has 0 fully saturated rings. The number of carbonyl (C=O) groups is 2. The third-order valence-corrected chi connectivity index (χ3v) is 3.33. The monoisotopic (exact) mass is 327 g/mol. The fourth-order valence-corrected chi connectivity index (χ4v) is 2.17. The number of amides is 2. The summed E-state index contributed by atoms with van der Waals surface area (Å²) in [5, 5.41) is 8.64. The normalized spacial score (nSPS) is 11.3.